The third-order valence-corrected chi connectivity index (χ3v) is 5.79. The quantitative estimate of drug-likeness (QED) is 0.852. The smallest absolute Gasteiger partial charge is 0.233 e. The molecule has 2 aromatic heterocycles. The summed E-state index contributed by atoms with van der Waals surface area (Å²) in [6, 6.07) is 4.28. The SMILES string of the molecule is Cc1ccc(C2SCC(=O)N2CCCn2ccnc2)s1. The second-order valence-corrected chi connectivity index (χ2v) is 7.24. The summed E-state index contributed by atoms with van der Waals surface area (Å²) < 4.78 is 2.05. The summed E-state index contributed by atoms with van der Waals surface area (Å²) in [4.78, 5) is 20.7. The molecular weight excluding hydrogens is 290 g/mol. The minimum absolute atomic E-state index is 0.212. The van der Waals surface area contributed by atoms with Crippen LogP contribution in [-0.4, -0.2) is 32.7 Å². The van der Waals surface area contributed by atoms with Gasteiger partial charge in [-0.2, -0.15) is 0 Å². The van der Waals surface area contributed by atoms with Crippen molar-refractivity contribution >= 4 is 29.0 Å². The molecule has 0 bridgehead atoms. The Labute approximate surface area is 126 Å². The summed E-state index contributed by atoms with van der Waals surface area (Å²) in [6.45, 7) is 3.83. The predicted octanol–water partition coefficient (Wildman–Crippen LogP) is 2.92. The Morgan fingerprint density at radius 1 is 1.40 bits per heavy atom. The van der Waals surface area contributed by atoms with Crippen molar-refractivity contribution in [2.24, 2.45) is 0 Å². The second kappa shape index (κ2) is 6.01. The molecule has 6 heteroatoms. The molecule has 1 amide bonds. The van der Waals surface area contributed by atoms with Gasteiger partial charge in [0.05, 0.1) is 12.1 Å². The fourth-order valence-corrected chi connectivity index (χ4v) is 4.69. The van der Waals surface area contributed by atoms with Gasteiger partial charge in [-0.25, -0.2) is 4.98 Å². The van der Waals surface area contributed by atoms with E-state index < -0.39 is 0 Å². The van der Waals surface area contributed by atoms with Gasteiger partial charge >= 0.3 is 0 Å². The highest BCUT2D eigenvalue weighted by molar-refractivity contribution is 8.00. The number of aromatic nitrogens is 2. The summed E-state index contributed by atoms with van der Waals surface area (Å²) in [7, 11) is 0. The predicted molar refractivity (Wildman–Crippen MR) is 82.8 cm³/mol. The lowest BCUT2D eigenvalue weighted by Crippen LogP contribution is -2.29. The molecule has 1 saturated heterocycles. The number of rotatable bonds is 5. The summed E-state index contributed by atoms with van der Waals surface area (Å²) in [5.74, 6) is 0.865. The molecule has 0 N–H and O–H groups in total. The third-order valence-electron chi connectivity index (χ3n) is 3.35. The van der Waals surface area contributed by atoms with E-state index >= 15 is 0 Å². The van der Waals surface area contributed by atoms with Crippen LogP contribution >= 0.6 is 23.1 Å². The zero-order valence-corrected chi connectivity index (χ0v) is 13.0. The number of hydrogen-bond acceptors (Lipinski definition) is 4. The average Bonchev–Trinajstić information content (AvgIpc) is 3.13. The summed E-state index contributed by atoms with van der Waals surface area (Å²) in [5.41, 5.74) is 0. The van der Waals surface area contributed by atoms with E-state index in [0.717, 1.165) is 19.5 Å². The zero-order valence-electron chi connectivity index (χ0n) is 11.4. The van der Waals surface area contributed by atoms with Crippen LogP contribution in [0.1, 0.15) is 21.5 Å². The third kappa shape index (κ3) is 2.91. The van der Waals surface area contributed by atoms with E-state index in [1.165, 1.54) is 9.75 Å². The van der Waals surface area contributed by atoms with Gasteiger partial charge < -0.3 is 9.47 Å². The highest BCUT2D eigenvalue weighted by atomic mass is 32.2. The maximum absolute atomic E-state index is 12.0. The van der Waals surface area contributed by atoms with Gasteiger partial charge in [-0.3, -0.25) is 4.79 Å². The number of thiophene rings is 1. The van der Waals surface area contributed by atoms with Gasteiger partial charge in [-0.1, -0.05) is 0 Å². The van der Waals surface area contributed by atoms with E-state index in [-0.39, 0.29) is 11.3 Å². The molecule has 1 fully saturated rings. The lowest BCUT2D eigenvalue weighted by atomic mass is 10.3. The minimum atomic E-state index is 0.212. The Kier molecular flexibility index (Phi) is 4.12. The van der Waals surface area contributed by atoms with Crippen LogP contribution in [-0.2, 0) is 11.3 Å². The molecule has 0 spiro atoms. The Balaban J connectivity index is 1.62. The van der Waals surface area contributed by atoms with Crippen molar-refractivity contribution in [1.29, 1.82) is 0 Å². The van der Waals surface area contributed by atoms with Crippen molar-refractivity contribution in [2.45, 2.75) is 25.3 Å². The van der Waals surface area contributed by atoms with Crippen molar-refractivity contribution < 1.29 is 4.79 Å². The van der Waals surface area contributed by atoms with E-state index in [4.69, 9.17) is 0 Å². The maximum Gasteiger partial charge on any atom is 0.233 e. The van der Waals surface area contributed by atoms with Crippen LogP contribution < -0.4 is 0 Å². The molecule has 0 saturated carbocycles. The van der Waals surface area contributed by atoms with E-state index in [1.54, 1.807) is 29.3 Å². The number of amides is 1. The highest BCUT2D eigenvalue weighted by Gasteiger charge is 2.33. The molecule has 1 unspecified atom stereocenters. The van der Waals surface area contributed by atoms with Crippen molar-refractivity contribution in [3.05, 3.63) is 40.6 Å². The number of thioether (sulfide) groups is 1. The van der Waals surface area contributed by atoms with Gasteiger partial charge in [0.2, 0.25) is 5.91 Å². The molecule has 0 radical (unpaired) electrons. The summed E-state index contributed by atoms with van der Waals surface area (Å²) in [5, 5.41) is 0.212. The van der Waals surface area contributed by atoms with Gasteiger partial charge in [-0.05, 0) is 25.5 Å². The lowest BCUT2D eigenvalue weighted by Gasteiger charge is -2.23. The van der Waals surface area contributed by atoms with E-state index in [0.29, 0.717) is 5.75 Å². The van der Waals surface area contributed by atoms with Crippen molar-refractivity contribution in [1.82, 2.24) is 14.5 Å². The lowest BCUT2D eigenvalue weighted by molar-refractivity contribution is -0.128. The number of carbonyl (C=O) groups excluding carboxylic acids is 1. The van der Waals surface area contributed by atoms with Gasteiger partial charge in [0.1, 0.15) is 5.37 Å². The molecule has 1 atom stereocenters. The Morgan fingerprint density at radius 2 is 2.30 bits per heavy atom. The standard InChI is InChI=1S/C14H17N3OS2/c1-11-3-4-12(20-11)14-17(13(18)9-19-14)7-2-6-16-8-5-15-10-16/h3-5,8,10,14H,2,6-7,9H2,1H3. The normalized spacial score (nSPS) is 18.9. The largest absolute Gasteiger partial charge is 0.337 e. The van der Waals surface area contributed by atoms with Crippen molar-refractivity contribution in [3.63, 3.8) is 0 Å². The van der Waals surface area contributed by atoms with Crippen LogP contribution in [0.3, 0.4) is 0 Å². The fourth-order valence-electron chi connectivity index (χ4n) is 2.36. The van der Waals surface area contributed by atoms with Gasteiger partial charge in [0.15, 0.2) is 0 Å². The number of carbonyl (C=O) groups is 1. The van der Waals surface area contributed by atoms with Gasteiger partial charge in [0.25, 0.3) is 0 Å². The molecule has 3 heterocycles. The summed E-state index contributed by atoms with van der Waals surface area (Å²) >= 11 is 3.53. The van der Waals surface area contributed by atoms with Crippen molar-refractivity contribution in [2.75, 3.05) is 12.3 Å². The fraction of sp³-hybridized carbons (Fsp3) is 0.429. The molecule has 1 aliphatic heterocycles. The molecule has 1 aliphatic rings. The van der Waals surface area contributed by atoms with Crippen LogP contribution in [0.15, 0.2) is 30.9 Å². The van der Waals surface area contributed by atoms with Gasteiger partial charge in [-0.15, -0.1) is 23.1 Å². The van der Waals surface area contributed by atoms with Crippen LogP contribution in [0, 0.1) is 6.92 Å². The first kappa shape index (κ1) is 13.7. The Bertz CT molecular complexity index is 579. The maximum atomic E-state index is 12.0. The first-order valence-corrected chi connectivity index (χ1v) is 8.54. The molecule has 3 rings (SSSR count). The number of nitrogens with zero attached hydrogens (tertiary/aromatic N) is 3. The number of hydrogen-bond donors (Lipinski definition) is 0. The van der Waals surface area contributed by atoms with Crippen molar-refractivity contribution in [3.8, 4) is 0 Å². The molecule has 0 aromatic carbocycles. The highest BCUT2D eigenvalue weighted by Crippen LogP contribution is 2.41. The monoisotopic (exact) mass is 307 g/mol. The van der Waals surface area contributed by atoms with Gasteiger partial charge in [0, 0.05) is 35.2 Å². The first-order chi connectivity index (χ1) is 9.74. The topological polar surface area (TPSA) is 38.1 Å². The van der Waals surface area contributed by atoms with Crippen LogP contribution in [0.4, 0.5) is 0 Å². The molecule has 20 heavy (non-hydrogen) atoms. The van der Waals surface area contributed by atoms with E-state index in [9.17, 15) is 4.79 Å². The van der Waals surface area contributed by atoms with E-state index in [2.05, 4.69) is 28.6 Å². The molecule has 0 aliphatic carbocycles. The summed E-state index contributed by atoms with van der Waals surface area (Å²) in [6.07, 6.45) is 6.53. The van der Waals surface area contributed by atoms with Crippen LogP contribution in [0.5, 0.6) is 0 Å². The number of aryl methyl sites for hydroxylation is 2. The Morgan fingerprint density at radius 3 is 3.00 bits per heavy atom. The zero-order chi connectivity index (χ0) is 13.9. The minimum Gasteiger partial charge on any atom is -0.337 e. The molecule has 4 nitrogen and oxygen atoms in total. The molecular formula is C14H17N3OS2. The van der Waals surface area contributed by atoms with E-state index in [1.807, 2.05) is 17.4 Å². The molecule has 2 aromatic rings. The van der Waals surface area contributed by atoms with Crippen LogP contribution in [0.2, 0.25) is 0 Å². The second-order valence-electron chi connectivity index (χ2n) is 4.85. The molecule has 106 valence electrons. The van der Waals surface area contributed by atoms with Crippen LogP contribution in [0.25, 0.3) is 0 Å². The first-order valence-electron chi connectivity index (χ1n) is 6.67. The number of imidazole rings is 1. The Hall–Kier alpha value is -1.27. The average molecular weight is 307 g/mol.